The van der Waals surface area contributed by atoms with Gasteiger partial charge in [0.15, 0.2) is 0 Å². The van der Waals surface area contributed by atoms with E-state index in [-0.39, 0.29) is 0 Å². The zero-order chi connectivity index (χ0) is 13.9. The smallest absolute Gasteiger partial charge is 0.127 e. The molecule has 1 N–H and O–H groups in total. The zero-order valence-corrected chi connectivity index (χ0v) is 13.3. The third kappa shape index (κ3) is 3.90. The molecule has 0 amide bonds. The molecule has 3 heteroatoms. The van der Waals surface area contributed by atoms with Crippen molar-refractivity contribution in [2.24, 2.45) is 0 Å². The monoisotopic (exact) mass is 279 g/mol. The van der Waals surface area contributed by atoms with E-state index in [1.807, 2.05) is 11.8 Å². The number of ether oxygens (including phenoxy) is 1. The molecule has 0 aliphatic carbocycles. The number of fused-ring (bicyclic) bond motifs is 1. The molecule has 106 valence electrons. The molecule has 19 heavy (non-hydrogen) atoms. The second-order valence-corrected chi connectivity index (χ2v) is 7.81. The van der Waals surface area contributed by atoms with E-state index < -0.39 is 0 Å². The second kappa shape index (κ2) is 6.19. The highest BCUT2D eigenvalue weighted by atomic mass is 32.2. The minimum absolute atomic E-state index is 0.298. The van der Waals surface area contributed by atoms with Crippen LogP contribution in [0.15, 0.2) is 18.2 Å². The van der Waals surface area contributed by atoms with Crippen molar-refractivity contribution in [2.75, 3.05) is 18.9 Å². The van der Waals surface area contributed by atoms with Crippen molar-refractivity contribution in [3.05, 3.63) is 29.3 Å². The summed E-state index contributed by atoms with van der Waals surface area (Å²) in [5.74, 6) is 2.21. The maximum absolute atomic E-state index is 5.84. The Morgan fingerprint density at radius 3 is 2.84 bits per heavy atom. The van der Waals surface area contributed by atoms with Gasteiger partial charge in [-0.3, -0.25) is 0 Å². The van der Waals surface area contributed by atoms with Gasteiger partial charge >= 0.3 is 0 Å². The van der Waals surface area contributed by atoms with Gasteiger partial charge in [-0.25, -0.2) is 0 Å². The summed E-state index contributed by atoms with van der Waals surface area (Å²) in [6.07, 6.45) is 1.05. The van der Waals surface area contributed by atoms with Crippen LogP contribution in [0.4, 0.5) is 0 Å². The number of rotatable bonds is 5. The third-order valence-electron chi connectivity index (χ3n) is 3.25. The van der Waals surface area contributed by atoms with Gasteiger partial charge in [0.2, 0.25) is 0 Å². The molecule has 2 nitrogen and oxygen atoms in total. The van der Waals surface area contributed by atoms with E-state index in [0.29, 0.717) is 10.8 Å². The molecule has 1 aliphatic rings. The quantitative estimate of drug-likeness (QED) is 0.885. The Balaban J connectivity index is 2.17. The van der Waals surface area contributed by atoms with Crippen LogP contribution in [0, 0.1) is 0 Å². The van der Waals surface area contributed by atoms with E-state index in [1.54, 1.807) is 0 Å². The summed E-state index contributed by atoms with van der Waals surface area (Å²) in [5, 5.41) is 3.60. The van der Waals surface area contributed by atoms with Crippen LogP contribution >= 0.6 is 11.8 Å². The van der Waals surface area contributed by atoms with Crippen LogP contribution in [0.5, 0.6) is 5.75 Å². The second-order valence-electron chi connectivity index (χ2n) is 5.97. The molecule has 0 spiro atoms. The molecule has 0 radical (unpaired) electrons. The van der Waals surface area contributed by atoms with Gasteiger partial charge in [0.05, 0.1) is 6.61 Å². The first kappa shape index (κ1) is 14.7. The molecule has 1 heterocycles. The highest BCUT2D eigenvalue weighted by Crippen LogP contribution is 2.36. The number of hydrogen-bond donors (Lipinski definition) is 1. The molecule has 0 saturated carbocycles. The first-order valence-electron chi connectivity index (χ1n) is 7.13. The van der Waals surface area contributed by atoms with Gasteiger partial charge in [-0.15, -0.1) is 0 Å². The van der Waals surface area contributed by atoms with Crippen LogP contribution in [0.3, 0.4) is 0 Å². The molecule has 0 fully saturated rings. The van der Waals surface area contributed by atoms with Crippen LogP contribution < -0.4 is 10.1 Å². The fourth-order valence-corrected chi connectivity index (χ4v) is 3.32. The standard InChI is InChI=1S/C16H25NOS/c1-5-17-14(11-19-16(2,3)4)13-8-6-7-12-9-10-18-15(12)13/h6-8,14,17H,5,9-11H2,1-4H3. The molecule has 1 unspecified atom stereocenters. The Morgan fingerprint density at radius 2 is 2.16 bits per heavy atom. The molecule has 0 bridgehead atoms. The first-order chi connectivity index (χ1) is 9.01. The lowest BCUT2D eigenvalue weighted by Crippen LogP contribution is -2.25. The van der Waals surface area contributed by atoms with Crippen LogP contribution in [0.25, 0.3) is 0 Å². The summed E-state index contributed by atoms with van der Waals surface area (Å²) in [4.78, 5) is 0. The molecular weight excluding hydrogens is 254 g/mol. The maximum atomic E-state index is 5.84. The number of hydrogen-bond acceptors (Lipinski definition) is 3. The van der Waals surface area contributed by atoms with Gasteiger partial charge in [0.25, 0.3) is 0 Å². The van der Waals surface area contributed by atoms with Crippen molar-refractivity contribution in [3.63, 3.8) is 0 Å². The molecule has 0 aromatic heterocycles. The minimum atomic E-state index is 0.298. The number of thioether (sulfide) groups is 1. The van der Waals surface area contributed by atoms with E-state index in [2.05, 4.69) is 51.2 Å². The van der Waals surface area contributed by atoms with E-state index >= 15 is 0 Å². The lowest BCUT2D eigenvalue weighted by Gasteiger charge is -2.25. The summed E-state index contributed by atoms with van der Waals surface area (Å²) in [6.45, 7) is 10.8. The Labute approximate surface area is 121 Å². The van der Waals surface area contributed by atoms with Crippen molar-refractivity contribution in [1.82, 2.24) is 5.32 Å². The Kier molecular flexibility index (Phi) is 4.80. The van der Waals surface area contributed by atoms with Gasteiger partial charge in [-0.1, -0.05) is 45.9 Å². The maximum Gasteiger partial charge on any atom is 0.127 e. The van der Waals surface area contributed by atoms with Crippen molar-refractivity contribution in [2.45, 2.75) is 44.9 Å². The normalized spacial score (nSPS) is 16.0. The Hall–Kier alpha value is -0.670. The van der Waals surface area contributed by atoms with Crippen LogP contribution in [0.1, 0.15) is 44.9 Å². The van der Waals surface area contributed by atoms with Gasteiger partial charge in [-0.2, -0.15) is 11.8 Å². The summed E-state index contributed by atoms with van der Waals surface area (Å²) >= 11 is 2.00. The van der Waals surface area contributed by atoms with Crippen molar-refractivity contribution in [1.29, 1.82) is 0 Å². The summed E-state index contributed by atoms with van der Waals surface area (Å²) in [6, 6.07) is 6.93. The van der Waals surface area contributed by atoms with Crippen molar-refractivity contribution in [3.8, 4) is 5.75 Å². The third-order valence-corrected chi connectivity index (χ3v) is 4.62. The predicted molar refractivity (Wildman–Crippen MR) is 84.3 cm³/mol. The summed E-state index contributed by atoms with van der Waals surface area (Å²) < 4.78 is 6.14. The number of nitrogens with one attached hydrogen (secondary N) is 1. The lowest BCUT2D eigenvalue weighted by molar-refractivity contribution is 0.350. The fraction of sp³-hybridized carbons (Fsp3) is 0.625. The number of benzene rings is 1. The van der Waals surface area contributed by atoms with Crippen LogP contribution in [-0.4, -0.2) is 23.7 Å². The largest absolute Gasteiger partial charge is 0.493 e. The molecule has 2 rings (SSSR count). The molecular formula is C16H25NOS. The van der Waals surface area contributed by atoms with Gasteiger partial charge < -0.3 is 10.1 Å². The average Bonchev–Trinajstić information content (AvgIpc) is 2.81. The zero-order valence-electron chi connectivity index (χ0n) is 12.5. The van der Waals surface area contributed by atoms with Gasteiger partial charge in [0.1, 0.15) is 5.75 Å². The van der Waals surface area contributed by atoms with Crippen LogP contribution in [-0.2, 0) is 6.42 Å². The average molecular weight is 279 g/mol. The predicted octanol–water partition coefficient (Wildman–Crippen LogP) is 3.80. The van der Waals surface area contributed by atoms with Crippen molar-refractivity contribution >= 4 is 11.8 Å². The Bertz CT molecular complexity index is 425. The lowest BCUT2D eigenvalue weighted by atomic mass is 10.0. The van der Waals surface area contributed by atoms with Crippen molar-refractivity contribution < 1.29 is 4.74 Å². The highest BCUT2D eigenvalue weighted by molar-refractivity contribution is 8.00. The highest BCUT2D eigenvalue weighted by Gasteiger charge is 2.23. The molecule has 1 aliphatic heterocycles. The SMILES string of the molecule is CCNC(CSC(C)(C)C)c1cccc2c1OCC2. The summed E-state index contributed by atoms with van der Waals surface area (Å²) in [7, 11) is 0. The van der Waals surface area contributed by atoms with Gasteiger partial charge in [-0.05, 0) is 12.1 Å². The Morgan fingerprint density at radius 1 is 1.37 bits per heavy atom. The van der Waals surface area contributed by atoms with E-state index in [1.165, 1.54) is 11.1 Å². The molecule has 1 atom stereocenters. The summed E-state index contributed by atoms with van der Waals surface area (Å²) in [5.41, 5.74) is 2.69. The molecule has 1 aromatic carbocycles. The number of para-hydroxylation sites is 1. The molecule has 1 aromatic rings. The van der Waals surface area contributed by atoms with E-state index in [4.69, 9.17) is 4.74 Å². The minimum Gasteiger partial charge on any atom is -0.493 e. The van der Waals surface area contributed by atoms with E-state index in [9.17, 15) is 0 Å². The van der Waals surface area contributed by atoms with E-state index in [0.717, 1.165) is 31.1 Å². The first-order valence-corrected chi connectivity index (χ1v) is 8.12. The topological polar surface area (TPSA) is 21.3 Å². The fourth-order valence-electron chi connectivity index (χ4n) is 2.35. The van der Waals surface area contributed by atoms with Crippen LogP contribution in [0.2, 0.25) is 0 Å². The molecule has 0 saturated heterocycles. The van der Waals surface area contributed by atoms with Gasteiger partial charge in [0, 0.05) is 28.5 Å².